The van der Waals surface area contributed by atoms with Crippen LogP contribution in [0, 0.1) is 0 Å². The van der Waals surface area contributed by atoms with Crippen molar-refractivity contribution >= 4 is 11.1 Å². The Hall–Kier alpha value is -3.08. The summed E-state index contributed by atoms with van der Waals surface area (Å²) in [7, 11) is 0. The summed E-state index contributed by atoms with van der Waals surface area (Å²) < 4.78 is 17.4. The molecule has 1 fully saturated rings. The zero-order valence-corrected chi connectivity index (χ0v) is 18.9. The Morgan fingerprint density at radius 1 is 0.906 bits per heavy atom. The van der Waals surface area contributed by atoms with Gasteiger partial charge in [-0.3, -0.25) is 0 Å². The van der Waals surface area contributed by atoms with Gasteiger partial charge in [0.1, 0.15) is 24.2 Å². The molecule has 4 nitrogen and oxygen atoms in total. The molecule has 166 valence electrons. The van der Waals surface area contributed by atoms with Gasteiger partial charge < -0.3 is 19.3 Å². The lowest BCUT2D eigenvalue weighted by molar-refractivity contribution is -0.141. The van der Waals surface area contributed by atoms with Crippen LogP contribution in [0.3, 0.4) is 0 Å². The van der Waals surface area contributed by atoms with Crippen molar-refractivity contribution in [2.24, 2.45) is 0 Å². The molecule has 0 spiro atoms. The van der Waals surface area contributed by atoms with Crippen molar-refractivity contribution < 1.29 is 19.3 Å². The van der Waals surface area contributed by atoms with Crippen LogP contribution in [0.15, 0.2) is 78.9 Å². The highest BCUT2D eigenvalue weighted by Gasteiger charge is 2.32. The second kappa shape index (κ2) is 9.60. The number of benzene rings is 3. The highest BCUT2D eigenvalue weighted by Crippen LogP contribution is 2.35. The van der Waals surface area contributed by atoms with E-state index in [1.54, 1.807) is 12.1 Å². The van der Waals surface area contributed by atoms with Gasteiger partial charge in [-0.25, -0.2) is 0 Å². The summed E-state index contributed by atoms with van der Waals surface area (Å²) in [5, 5.41) is 9.79. The van der Waals surface area contributed by atoms with Gasteiger partial charge in [0.15, 0.2) is 5.79 Å². The molecule has 4 rings (SSSR count). The van der Waals surface area contributed by atoms with E-state index in [4.69, 9.17) is 14.2 Å². The quantitative estimate of drug-likeness (QED) is 0.448. The number of hydrogen-bond acceptors (Lipinski definition) is 4. The first-order chi connectivity index (χ1) is 15.4. The summed E-state index contributed by atoms with van der Waals surface area (Å²) in [6.45, 7) is 6.99. The lowest BCUT2D eigenvalue weighted by Gasteiger charge is -2.18. The standard InChI is InChI=1S/C28H30O4/c1-4-26(20-8-6-5-7-9-20)27(21-10-14-23(29)15-11-21)22-12-16-24(17-13-22)30-18-25-19-31-28(2,3)32-25/h5-17,25,29H,4,18-19H2,1-3H3. The topological polar surface area (TPSA) is 47.9 Å². The highest BCUT2D eigenvalue weighted by atomic mass is 16.7. The van der Waals surface area contributed by atoms with E-state index in [0.717, 1.165) is 28.9 Å². The van der Waals surface area contributed by atoms with Gasteiger partial charge in [-0.2, -0.15) is 0 Å². The van der Waals surface area contributed by atoms with Crippen molar-refractivity contribution in [3.63, 3.8) is 0 Å². The van der Waals surface area contributed by atoms with E-state index < -0.39 is 5.79 Å². The average molecular weight is 431 g/mol. The molecular weight excluding hydrogens is 400 g/mol. The molecule has 0 aromatic heterocycles. The van der Waals surface area contributed by atoms with E-state index in [1.165, 1.54) is 11.1 Å². The van der Waals surface area contributed by atoms with Crippen LogP contribution in [-0.4, -0.2) is 30.2 Å². The maximum Gasteiger partial charge on any atom is 0.163 e. The maximum atomic E-state index is 9.79. The zero-order valence-electron chi connectivity index (χ0n) is 18.9. The molecule has 0 amide bonds. The molecule has 1 aliphatic heterocycles. The summed E-state index contributed by atoms with van der Waals surface area (Å²) in [5.41, 5.74) is 5.77. The molecule has 3 aromatic carbocycles. The molecule has 1 heterocycles. The first-order valence-corrected chi connectivity index (χ1v) is 11.1. The van der Waals surface area contributed by atoms with Crippen molar-refractivity contribution in [1.29, 1.82) is 0 Å². The summed E-state index contributed by atoms with van der Waals surface area (Å²) >= 11 is 0. The Morgan fingerprint density at radius 3 is 2.09 bits per heavy atom. The van der Waals surface area contributed by atoms with E-state index in [2.05, 4.69) is 43.3 Å². The zero-order chi connectivity index (χ0) is 22.6. The summed E-state index contributed by atoms with van der Waals surface area (Å²) in [4.78, 5) is 0. The lowest BCUT2D eigenvalue weighted by Crippen LogP contribution is -2.25. The van der Waals surface area contributed by atoms with Crippen LogP contribution in [0.2, 0.25) is 0 Å². The number of rotatable bonds is 7. The number of hydrogen-bond donors (Lipinski definition) is 1. The molecule has 1 atom stereocenters. The van der Waals surface area contributed by atoms with Gasteiger partial charge in [0.25, 0.3) is 0 Å². The average Bonchev–Trinajstić information content (AvgIpc) is 3.16. The summed E-state index contributed by atoms with van der Waals surface area (Å²) in [6.07, 6.45) is 0.815. The van der Waals surface area contributed by atoms with E-state index >= 15 is 0 Å². The van der Waals surface area contributed by atoms with Gasteiger partial charge in [0.2, 0.25) is 0 Å². The van der Waals surface area contributed by atoms with Gasteiger partial charge in [0.05, 0.1) is 6.61 Å². The van der Waals surface area contributed by atoms with Crippen molar-refractivity contribution in [2.75, 3.05) is 13.2 Å². The van der Waals surface area contributed by atoms with Crippen molar-refractivity contribution in [3.8, 4) is 11.5 Å². The lowest BCUT2D eigenvalue weighted by atomic mass is 9.88. The predicted molar refractivity (Wildman–Crippen MR) is 128 cm³/mol. The minimum atomic E-state index is -0.546. The Kier molecular flexibility index (Phi) is 6.63. The smallest absolute Gasteiger partial charge is 0.163 e. The highest BCUT2D eigenvalue weighted by molar-refractivity contribution is 5.98. The van der Waals surface area contributed by atoms with Crippen LogP contribution in [-0.2, 0) is 9.47 Å². The molecule has 0 radical (unpaired) electrons. The normalized spacial score (nSPS) is 18.3. The predicted octanol–water partition coefficient (Wildman–Crippen LogP) is 6.29. The van der Waals surface area contributed by atoms with Crippen LogP contribution >= 0.6 is 0 Å². The molecule has 1 aliphatic rings. The van der Waals surface area contributed by atoms with Crippen LogP contribution < -0.4 is 4.74 Å². The van der Waals surface area contributed by atoms with Gasteiger partial charge in [-0.15, -0.1) is 0 Å². The molecule has 0 saturated carbocycles. The van der Waals surface area contributed by atoms with Crippen molar-refractivity contribution in [3.05, 3.63) is 95.6 Å². The first kappa shape index (κ1) is 22.1. The van der Waals surface area contributed by atoms with E-state index in [-0.39, 0.29) is 11.9 Å². The van der Waals surface area contributed by atoms with E-state index in [9.17, 15) is 5.11 Å². The van der Waals surface area contributed by atoms with Crippen LogP contribution in [0.4, 0.5) is 0 Å². The number of aromatic hydroxyl groups is 1. The van der Waals surface area contributed by atoms with E-state index in [1.807, 2.05) is 44.2 Å². The number of phenols is 1. The van der Waals surface area contributed by atoms with E-state index in [0.29, 0.717) is 13.2 Å². The minimum absolute atomic E-state index is 0.0677. The third-order valence-electron chi connectivity index (χ3n) is 5.58. The monoisotopic (exact) mass is 430 g/mol. The largest absolute Gasteiger partial charge is 0.508 e. The number of allylic oxidation sites excluding steroid dienone is 1. The van der Waals surface area contributed by atoms with Gasteiger partial charge >= 0.3 is 0 Å². The molecule has 3 aromatic rings. The SMILES string of the molecule is CCC(=C(c1ccc(O)cc1)c1ccc(OCC2COC(C)(C)O2)cc1)c1ccccc1. The van der Waals surface area contributed by atoms with Gasteiger partial charge in [-0.05, 0) is 72.4 Å². The van der Waals surface area contributed by atoms with Gasteiger partial charge in [0, 0.05) is 0 Å². The minimum Gasteiger partial charge on any atom is -0.508 e. The van der Waals surface area contributed by atoms with Crippen LogP contribution in [0.1, 0.15) is 43.9 Å². The second-order valence-electron chi connectivity index (χ2n) is 8.41. The fourth-order valence-corrected chi connectivity index (χ4v) is 4.06. The molecule has 1 N–H and O–H groups in total. The Bertz CT molecular complexity index is 1050. The third kappa shape index (κ3) is 5.21. The Morgan fingerprint density at radius 2 is 1.53 bits per heavy atom. The van der Waals surface area contributed by atoms with Crippen LogP contribution in [0.5, 0.6) is 11.5 Å². The summed E-state index contributed by atoms with van der Waals surface area (Å²) in [6, 6.07) is 26.0. The molecule has 4 heteroatoms. The Balaban J connectivity index is 1.63. The molecule has 32 heavy (non-hydrogen) atoms. The second-order valence-corrected chi connectivity index (χ2v) is 8.41. The first-order valence-electron chi connectivity index (χ1n) is 11.1. The van der Waals surface area contributed by atoms with Crippen molar-refractivity contribution in [1.82, 2.24) is 0 Å². The van der Waals surface area contributed by atoms with Gasteiger partial charge in [-0.1, -0.05) is 61.5 Å². The molecular formula is C28H30O4. The fraction of sp³-hybridized carbons (Fsp3) is 0.286. The van der Waals surface area contributed by atoms with Crippen LogP contribution in [0.25, 0.3) is 11.1 Å². The fourth-order valence-electron chi connectivity index (χ4n) is 4.06. The molecule has 0 aliphatic carbocycles. The maximum absolute atomic E-state index is 9.79. The summed E-state index contributed by atoms with van der Waals surface area (Å²) in [5.74, 6) is 0.510. The van der Waals surface area contributed by atoms with Crippen molar-refractivity contribution in [2.45, 2.75) is 39.1 Å². The number of ether oxygens (including phenoxy) is 3. The third-order valence-corrected chi connectivity index (χ3v) is 5.58. The molecule has 0 bridgehead atoms. The molecule has 1 unspecified atom stereocenters. The molecule has 1 saturated heterocycles. The number of phenolic OH excluding ortho intramolecular Hbond substituents is 1. The Labute approximate surface area is 190 Å².